The number of amides is 3. The number of hydrogen-bond donors (Lipinski definition) is 3. The van der Waals surface area contributed by atoms with E-state index in [1.807, 2.05) is 0 Å². The number of aliphatic carboxylic acids is 1. The second kappa shape index (κ2) is 5.90. The van der Waals surface area contributed by atoms with E-state index in [0.717, 1.165) is 0 Å². The zero-order valence-electron chi connectivity index (χ0n) is 13.1. The molecule has 3 amide bonds. The van der Waals surface area contributed by atoms with Crippen LogP contribution in [0.4, 0.5) is 4.79 Å². The van der Waals surface area contributed by atoms with Crippen LogP contribution in [0.1, 0.15) is 19.6 Å². The van der Waals surface area contributed by atoms with Gasteiger partial charge in [0.05, 0.1) is 6.26 Å². The molecule has 0 aliphatic carbocycles. The zero-order valence-corrected chi connectivity index (χ0v) is 13.9. The van der Waals surface area contributed by atoms with Crippen molar-refractivity contribution in [2.45, 2.75) is 36.1 Å². The Morgan fingerprint density at radius 1 is 1.46 bits per heavy atom. The number of fused-ring (bicyclic) bond motifs is 1. The molecule has 1 aromatic heterocycles. The van der Waals surface area contributed by atoms with Crippen LogP contribution in [-0.4, -0.2) is 50.1 Å². The molecule has 24 heavy (non-hydrogen) atoms. The van der Waals surface area contributed by atoms with Gasteiger partial charge in [-0.1, -0.05) is 0 Å². The van der Waals surface area contributed by atoms with Gasteiger partial charge in [0.25, 0.3) is 0 Å². The molecule has 9 heteroatoms. The van der Waals surface area contributed by atoms with Gasteiger partial charge in [-0.15, -0.1) is 11.8 Å². The molecule has 1 aromatic rings. The number of rotatable bonds is 4. The summed E-state index contributed by atoms with van der Waals surface area (Å²) in [5.41, 5.74) is 0. The molecule has 2 saturated heterocycles. The van der Waals surface area contributed by atoms with Gasteiger partial charge in [-0.2, -0.15) is 0 Å². The van der Waals surface area contributed by atoms with Crippen LogP contribution in [0.5, 0.6) is 0 Å². The second-order valence-corrected chi connectivity index (χ2v) is 7.81. The smallest absolute Gasteiger partial charge is 0.327 e. The lowest BCUT2D eigenvalue weighted by Gasteiger charge is -2.43. The summed E-state index contributed by atoms with van der Waals surface area (Å²) in [6.07, 6.45) is 4.49. The summed E-state index contributed by atoms with van der Waals surface area (Å²) >= 11 is 1.38. The molecule has 3 heterocycles. The molecular weight excluding hydrogens is 334 g/mol. The van der Waals surface area contributed by atoms with Crippen LogP contribution >= 0.6 is 11.8 Å². The van der Waals surface area contributed by atoms with Gasteiger partial charge in [-0.05, 0) is 32.1 Å². The highest BCUT2D eigenvalue weighted by Crippen LogP contribution is 2.50. The average molecular weight is 351 g/mol. The summed E-state index contributed by atoms with van der Waals surface area (Å²) in [5, 5.41) is 14.0. The number of β-lactam (4-membered cyclic amide) rings is 1. The molecule has 3 atom stereocenters. The Morgan fingerprint density at radius 3 is 2.83 bits per heavy atom. The predicted octanol–water partition coefficient (Wildman–Crippen LogP) is 1.06. The zero-order chi connectivity index (χ0) is 17.5. The van der Waals surface area contributed by atoms with Crippen molar-refractivity contribution in [1.82, 2.24) is 15.5 Å². The maximum Gasteiger partial charge on any atom is 0.327 e. The third-order valence-electron chi connectivity index (χ3n) is 3.97. The van der Waals surface area contributed by atoms with Crippen molar-refractivity contribution in [3.8, 4) is 0 Å². The van der Waals surface area contributed by atoms with Gasteiger partial charge in [-0.25, -0.2) is 9.59 Å². The fourth-order valence-electron chi connectivity index (χ4n) is 2.91. The standard InChI is InChI=1S/C15H17N3O5S/c1-15(2)10(13(20)21)18-11(19)9(12(18)24-15)17-14(22)16-6-5-8-4-3-7-23-8/h3-7,9-10,12H,1-2H3,(H,20,21)(H2,16,17,22)/b6-5+/t9?,10-,12?/m0/s1. The van der Waals surface area contributed by atoms with Crippen molar-refractivity contribution in [1.29, 1.82) is 0 Å². The van der Waals surface area contributed by atoms with Gasteiger partial charge in [0.15, 0.2) is 0 Å². The number of nitrogens with one attached hydrogen (secondary N) is 2. The Balaban J connectivity index is 1.58. The van der Waals surface area contributed by atoms with Crippen molar-refractivity contribution >= 4 is 35.7 Å². The topological polar surface area (TPSA) is 112 Å². The number of carboxylic acid groups (broad SMARTS) is 1. The molecule has 0 aromatic carbocycles. The van der Waals surface area contributed by atoms with E-state index >= 15 is 0 Å². The Bertz CT molecular complexity index is 700. The Morgan fingerprint density at radius 2 is 2.21 bits per heavy atom. The summed E-state index contributed by atoms with van der Waals surface area (Å²) in [4.78, 5) is 36.8. The van der Waals surface area contributed by atoms with Crippen molar-refractivity contribution in [2.75, 3.05) is 0 Å². The first-order valence-electron chi connectivity index (χ1n) is 7.31. The summed E-state index contributed by atoms with van der Waals surface area (Å²) in [5.74, 6) is -0.832. The van der Waals surface area contributed by atoms with Crippen LogP contribution in [0, 0.1) is 0 Å². The SMILES string of the molecule is CC1(C)SC2C(NC(=O)N/C=C/c3ccco3)C(=O)N2[C@H]1C(=O)O. The minimum atomic E-state index is -1.03. The lowest BCUT2D eigenvalue weighted by Crippen LogP contribution is -2.71. The van der Waals surface area contributed by atoms with Gasteiger partial charge in [0.1, 0.15) is 23.2 Å². The molecule has 3 rings (SSSR count). The third kappa shape index (κ3) is 2.75. The summed E-state index contributed by atoms with van der Waals surface area (Å²) in [6, 6.07) is 1.30. The van der Waals surface area contributed by atoms with E-state index in [9.17, 15) is 19.5 Å². The van der Waals surface area contributed by atoms with Gasteiger partial charge < -0.3 is 25.1 Å². The van der Waals surface area contributed by atoms with Crippen molar-refractivity contribution in [2.24, 2.45) is 0 Å². The fourth-order valence-corrected chi connectivity index (χ4v) is 4.54. The van der Waals surface area contributed by atoms with E-state index in [4.69, 9.17) is 4.42 Å². The lowest BCUT2D eigenvalue weighted by molar-refractivity contribution is -0.159. The Hall–Kier alpha value is -2.42. The number of carboxylic acids is 1. The fraction of sp³-hybridized carbons (Fsp3) is 0.400. The van der Waals surface area contributed by atoms with Gasteiger partial charge in [-0.3, -0.25) is 4.79 Å². The normalized spacial score (nSPS) is 27.7. The molecule has 2 unspecified atom stereocenters. The van der Waals surface area contributed by atoms with Gasteiger partial charge in [0.2, 0.25) is 5.91 Å². The number of furan rings is 1. The first-order valence-corrected chi connectivity index (χ1v) is 8.19. The second-order valence-electron chi connectivity index (χ2n) is 6.04. The average Bonchev–Trinajstić information content (AvgIpc) is 3.09. The highest BCUT2D eigenvalue weighted by molar-refractivity contribution is 8.01. The molecule has 3 N–H and O–H groups in total. The van der Waals surface area contributed by atoms with Crippen molar-refractivity contribution in [3.05, 3.63) is 30.4 Å². The van der Waals surface area contributed by atoms with Crippen LogP contribution in [0.25, 0.3) is 6.08 Å². The molecule has 0 spiro atoms. The molecular formula is C15H17N3O5S. The first kappa shape index (κ1) is 16.4. The predicted molar refractivity (Wildman–Crippen MR) is 86.9 cm³/mol. The number of carbonyl (C=O) groups excluding carboxylic acids is 2. The molecule has 128 valence electrons. The minimum Gasteiger partial charge on any atom is -0.480 e. The van der Waals surface area contributed by atoms with E-state index in [1.165, 1.54) is 29.1 Å². The quantitative estimate of drug-likeness (QED) is 0.700. The molecule has 2 aliphatic heterocycles. The minimum absolute atomic E-state index is 0.367. The van der Waals surface area contributed by atoms with Crippen molar-refractivity contribution < 1.29 is 23.9 Å². The molecule has 2 fully saturated rings. The maximum absolute atomic E-state index is 12.2. The highest BCUT2D eigenvalue weighted by Gasteiger charge is 2.64. The van der Waals surface area contributed by atoms with Crippen molar-refractivity contribution in [3.63, 3.8) is 0 Å². The lowest BCUT2D eigenvalue weighted by atomic mass is 9.96. The van der Waals surface area contributed by atoms with E-state index in [2.05, 4.69) is 10.6 Å². The largest absolute Gasteiger partial charge is 0.480 e. The molecule has 0 bridgehead atoms. The summed E-state index contributed by atoms with van der Waals surface area (Å²) in [7, 11) is 0. The summed E-state index contributed by atoms with van der Waals surface area (Å²) < 4.78 is 4.47. The summed E-state index contributed by atoms with van der Waals surface area (Å²) in [6.45, 7) is 3.57. The van der Waals surface area contributed by atoms with Crippen LogP contribution in [0.3, 0.4) is 0 Å². The van der Waals surface area contributed by atoms with E-state index in [1.54, 1.807) is 32.1 Å². The van der Waals surface area contributed by atoms with Crippen LogP contribution in [-0.2, 0) is 9.59 Å². The molecule has 8 nitrogen and oxygen atoms in total. The molecule has 2 aliphatic rings. The number of urea groups is 1. The molecule has 0 saturated carbocycles. The van der Waals surface area contributed by atoms with E-state index in [-0.39, 0.29) is 11.3 Å². The maximum atomic E-state index is 12.2. The van der Waals surface area contributed by atoms with E-state index < -0.39 is 28.8 Å². The Labute approximate surface area is 142 Å². The first-order chi connectivity index (χ1) is 11.3. The van der Waals surface area contributed by atoms with E-state index in [0.29, 0.717) is 5.76 Å². The number of carbonyl (C=O) groups is 3. The number of nitrogens with zero attached hydrogens (tertiary/aromatic N) is 1. The highest BCUT2D eigenvalue weighted by atomic mass is 32.2. The number of hydrogen-bond acceptors (Lipinski definition) is 5. The number of thioether (sulfide) groups is 1. The van der Waals surface area contributed by atoms with Gasteiger partial charge >= 0.3 is 12.0 Å². The van der Waals surface area contributed by atoms with Gasteiger partial charge in [0, 0.05) is 10.9 Å². The molecule has 0 radical (unpaired) electrons. The monoisotopic (exact) mass is 351 g/mol. The van der Waals surface area contributed by atoms with Crippen LogP contribution in [0.2, 0.25) is 0 Å². The Kier molecular flexibility index (Phi) is 4.04. The van der Waals surface area contributed by atoms with Crippen LogP contribution < -0.4 is 10.6 Å². The van der Waals surface area contributed by atoms with Crippen LogP contribution in [0.15, 0.2) is 29.0 Å². The third-order valence-corrected chi connectivity index (χ3v) is 5.54.